The van der Waals surface area contributed by atoms with Gasteiger partial charge >= 0.3 is 0 Å². The highest BCUT2D eigenvalue weighted by Gasteiger charge is 2.23. The summed E-state index contributed by atoms with van der Waals surface area (Å²) >= 11 is 1.63. The zero-order chi connectivity index (χ0) is 12.7. The second-order valence-corrected chi connectivity index (χ2v) is 5.87. The minimum absolute atomic E-state index is 0.158. The summed E-state index contributed by atoms with van der Waals surface area (Å²) in [7, 11) is 0. The number of unbranched alkanes of at least 4 members (excludes halogenated alkanes) is 2. The summed E-state index contributed by atoms with van der Waals surface area (Å²) in [5, 5.41) is 15.9. The third-order valence-electron chi connectivity index (χ3n) is 3.05. The molecular weight excluding hydrogens is 230 g/mol. The van der Waals surface area contributed by atoms with Crippen LogP contribution in [0.15, 0.2) is 17.5 Å². The fourth-order valence-electron chi connectivity index (χ4n) is 1.99. The number of thiophene rings is 1. The Morgan fingerprint density at radius 2 is 2.12 bits per heavy atom. The fourth-order valence-corrected chi connectivity index (χ4v) is 2.75. The maximum atomic E-state index is 10.3. The quantitative estimate of drug-likeness (QED) is 0.696. The summed E-state index contributed by atoms with van der Waals surface area (Å²) in [6, 6.07) is 4.17. The predicted octanol–water partition coefficient (Wildman–Crippen LogP) is 3.59. The SMILES string of the molecule is CCCCCNC(C(C)C)C(O)c1cccs1. The standard InChI is InChI=1S/C14H25NOS/c1-4-5-6-9-15-13(11(2)3)14(16)12-8-7-10-17-12/h7-8,10-11,13-16H,4-6,9H2,1-3H3. The van der Waals surface area contributed by atoms with Crippen molar-refractivity contribution in [3.63, 3.8) is 0 Å². The van der Waals surface area contributed by atoms with Gasteiger partial charge in [-0.15, -0.1) is 11.3 Å². The molecule has 2 nitrogen and oxygen atoms in total. The zero-order valence-electron chi connectivity index (χ0n) is 11.1. The molecule has 0 bridgehead atoms. The number of nitrogens with one attached hydrogen (secondary N) is 1. The minimum Gasteiger partial charge on any atom is -0.386 e. The van der Waals surface area contributed by atoms with Crippen molar-refractivity contribution in [2.24, 2.45) is 5.92 Å². The van der Waals surface area contributed by atoms with Crippen molar-refractivity contribution in [3.05, 3.63) is 22.4 Å². The van der Waals surface area contributed by atoms with E-state index in [0.717, 1.165) is 11.4 Å². The van der Waals surface area contributed by atoms with Crippen LogP contribution in [0.25, 0.3) is 0 Å². The molecule has 2 atom stereocenters. The maximum absolute atomic E-state index is 10.3. The Kier molecular flexibility index (Phi) is 6.78. The second-order valence-electron chi connectivity index (χ2n) is 4.89. The van der Waals surface area contributed by atoms with Gasteiger partial charge in [0, 0.05) is 10.9 Å². The molecule has 0 saturated carbocycles. The van der Waals surface area contributed by atoms with Crippen LogP contribution in [0, 0.1) is 5.92 Å². The molecule has 0 radical (unpaired) electrons. The molecule has 0 fully saturated rings. The van der Waals surface area contributed by atoms with E-state index in [9.17, 15) is 5.11 Å². The topological polar surface area (TPSA) is 32.3 Å². The molecule has 1 aromatic rings. The first-order valence-electron chi connectivity index (χ1n) is 6.61. The van der Waals surface area contributed by atoms with Crippen LogP contribution >= 0.6 is 11.3 Å². The Hall–Kier alpha value is -0.380. The van der Waals surface area contributed by atoms with Gasteiger partial charge in [0.05, 0.1) is 0 Å². The van der Waals surface area contributed by atoms with Gasteiger partial charge < -0.3 is 10.4 Å². The van der Waals surface area contributed by atoms with E-state index in [1.54, 1.807) is 11.3 Å². The Bertz CT molecular complexity index is 284. The second kappa shape index (κ2) is 7.85. The van der Waals surface area contributed by atoms with Crippen molar-refractivity contribution in [3.8, 4) is 0 Å². The Labute approximate surface area is 109 Å². The van der Waals surface area contributed by atoms with E-state index in [1.807, 2.05) is 17.5 Å². The van der Waals surface area contributed by atoms with Crippen LogP contribution in [0.4, 0.5) is 0 Å². The molecule has 17 heavy (non-hydrogen) atoms. The van der Waals surface area contributed by atoms with E-state index in [1.165, 1.54) is 19.3 Å². The fraction of sp³-hybridized carbons (Fsp3) is 0.714. The molecule has 2 unspecified atom stereocenters. The molecule has 3 heteroatoms. The summed E-state index contributed by atoms with van der Waals surface area (Å²) in [5.41, 5.74) is 0. The van der Waals surface area contributed by atoms with E-state index in [-0.39, 0.29) is 12.1 Å². The van der Waals surface area contributed by atoms with Crippen molar-refractivity contribution >= 4 is 11.3 Å². The Morgan fingerprint density at radius 1 is 1.35 bits per heavy atom. The lowest BCUT2D eigenvalue weighted by atomic mass is 9.97. The Balaban J connectivity index is 2.48. The zero-order valence-corrected chi connectivity index (χ0v) is 12.0. The largest absolute Gasteiger partial charge is 0.386 e. The summed E-state index contributed by atoms with van der Waals surface area (Å²) in [6.45, 7) is 7.53. The summed E-state index contributed by atoms with van der Waals surface area (Å²) in [4.78, 5) is 1.06. The molecule has 1 rings (SSSR count). The molecule has 98 valence electrons. The third kappa shape index (κ3) is 4.78. The highest BCUT2D eigenvalue weighted by Crippen LogP contribution is 2.25. The summed E-state index contributed by atoms with van der Waals surface area (Å²) in [6.07, 6.45) is 3.31. The van der Waals surface area contributed by atoms with Crippen LogP contribution < -0.4 is 5.32 Å². The van der Waals surface area contributed by atoms with E-state index >= 15 is 0 Å². The first-order valence-corrected chi connectivity index (χ1v) is 7.49. The summed E-state index contributed by atoms with van der Waals surface area (Å²) in [5.74, 6) is 0.439. The van der Waals surface area contributed by atoms with Gasteiger partial charge in [-0.25, -0.2) is 0 Å². The normalized spacial score (nSPS) is 15.1. The van der Waals surface area contributed by atoms with E-state index in [4.69, 9.17) is 0 Å². The number of hydrogen-bond acceptors (Lipinski definition) is 3. The molecule has 0 aliphatic heterocycles. The molecule has 1 heterocycles. The Morgan fingerprint density at radius 3 is 2.65 bits per heavy atom. The smallest absolute Gasteiger partial charge is 0.104 e. The number of aliphatic hydroxyl groups excluding tert-OH is 1. The van der Waals surface area contributed by atoms with Crippen LogP contribution in [-0.4, -0.2) is 17.7 Å². The van der Waals surface area contributed by atoms with Gasteiger partial charge in [0.15, 0.2) is 0 Å². The number of rotatable bonds is 8. The van der Waals surface area contributed by atoms with Gasteiger partial charge in [0.1, 0.15) is 6.10 Å². The third-order valence-corrected chi connectivity index (χ3v) is 4.00. The van der Waals surface area contributed by atoms with Crippen molar-refractivity contribution in [2.45, 2.75) is 52.2 Å². The first-order chi connectivity index (χ1) is 8.16. The first kappa shape index (κ1) is 14.7. The average molecular weight is 255 g/mol. The van der Waals surface area contributed by atoms with Crippen LogP contribution in [0.3, 0.4) is 0 Å². The van der Waals surface area contributed by atoms with Crippen LogP contribution in [0.2, 0.25) is 0 Å². The molecule has 0 spiro atoms. The highest BCUT2D eigenvalue weighted by atomic mass is 32.1. The van der Waals surface area contributed by atoms with Crippen molar-refractivity contribution in [2.75, 3.05) is 6.54 Å². The molecule has 0 saturated heterocycles. The lowest BCUT2D eigenvalue weighted by Gasteiger charge is -2.27. The molecule has 0 amide bonds. The average Bonchev–Trinajstić information content (AvgIpc) is 2.81. The lowest BCUT2D eigenvalue weighted by molar-refractivity contribution is 0.108. The van der Waals surface area contributed by atoms with E-state index < -0.39 is 0 Å². The van der Waals surface area contributed by atoms with Crippen LogP contribution in [0.5, 0.6) is 0 Å². The molecule has 0 aromatic carbocycles. The maximum Gasteiger partial charge on any atom is 0.104 e. The van der Waals surface area contributed by atoms with Crippen molar-refractivity contribution in [1.82, 2.24) is 5.32 Å². The van der Waals surface area contributed by atoms with Crippen molar-refractivity contribution in [1.29, 1.82) is 0 Å². The van der Waals surface area contributed by atoms with E-state index in [0.29, 0.717) is 5.92 Å². The molecular formula is C14H25NOS. The van der Waals surface area contributed by atoms with Gasteiger partial charge in [0.25, 0.3) is 0 Å². The molecule has 0 aliphatic rings. The number of hydrogen-bond donors (Lipinski definition) is 2. The van der Waals surface area contributed by atoms with Gasteiger partial charge in [-0.1, -0.05) is 39.7 Å². The molecule has 1 aromatic heterocycles. The predicted molar refractivity (Wildman–Crippen MR) is 75.4 cm³/mol. The van der Waals surface area contributed by atoms with Gasteiger partial charge in [-0.05, 0) is 30.3 Å². The minimum atomic E-state index is -0.378. The molecule has 0 aliphatic carbocycles. The highest BCUT2D eigenvalue weighted by molar-refractivity contribution is 7.10. The van der Waals surface area contributed by atoms with Crippen LogP contribution in [0.1, 0.15) is 51.0 Å². The molecule has 2 N–H and O–H groups in total. The lowest BCUT2D eigenvalue weighted by Crippen LogP contribution is -2.39. The van der Waals surface area contributed by atoms with Gasteiger partial charge in [-0.3, -0.25) is 0 Å². The van der Waals surface area contributed by atoms with E-state index in [2.05, 4.69) is 26.1 Å². The monoisotopic (exact) mass is 255 g/mol. The number of aliphatic hydroxyl groups is 1. The summed E-state index contributed by atoms with van der Waals surface area (Å²) < 4.78 is 0. The van der Waals surface area contributed by atoms with Crippen LogP contribution in [-0.2, 0) is 0 Å². The van der Waals surface area contributed by atoms with Crippen molar-refractivity contribution < 1.29 is 5.11 Å². The van der Waals surface area contributed by atoms with Gasteiger partial charge in [-0.2, -0.15) is 0 Å². The van der Waals surface area contributed by atoms with Gasteiger partial charge in [0.2, 0.25) is 0 Å².